The number of rotatable bonds is 9. The van der Waals surface area contributed by atoms with Crippen molar-refractivity contribution in [3.8, 4) is 6.01 Å². The van der Waals surface area contributed by atoms with Gasteiger partial charge in [-0.25, -0.2) is 14.4 Å². The number of quaternary nitrogens is 1. The Morgan fingerprint density at radius 3 is 2.67 bits per heavy atom. The minimum absolute atomic E-state index is 0. The van der Waals surface area contributed by atoms with Crippen LogP contribution >= 0.6 is 11.6 Å². The minimum Gasteiger partial charge on any atom is -0.545 e. The quantitative estimate of drug-likeness (QED) is 0.298. The van der Waals surface area contributed by atoms with E-state index >= 15 is 0 Å². The summed E-state index contributed by atoms with van der Waals surface area (Å²) < 4.78 is 27.7. The van der Waals surface area contributed by atoms with Crippen molar-refractivity contribution in [3.05, 3.63) is 76.5 Å². The highest BCUT2D eigenvalue weighted by atomic mass is 35.5. The van der Waals surface area contributed by atoms with E-state index in [1.807, 2.05) is 6.07 Å². The second-order valence-corrected chi connectivity index (χ2v) is 11.3. The van der Waals surface area contributed by atoms with Crippen molar-refractivity contribution in [2.24, 2.45) is 0 Å². The fourth-order valence-electron chi connectivity index (χ4n) is 5.52. The van der Waals surface area contributed by atoms with Crippen molar-refractivity contribution in [1.82, 2.24) is 30.6 Å². The van der Waals surface area contributed by atoms with E-state index in [0.29, 0.717) is 30.2 Å². The Kier molecular flexibility index (Phi) is 9.11. The van der Waals surface area contributed by atoms with Crippen LogP contribution in [0.1, 0.15) is 42.0 Å². The summed E-state index contributed by atoms with van der Waals surface area (Å²) in [4.78, 5) is 29.8. The van der Waals surface area contributed by atoms with Gasteiger partial charge in [-0.1, -0.05) is 23.7 Å². The van der Waals surface area contributed by atoms with E-state index in [1.54, 1.807) is 30.5 Å². The van der Waals surface area contributed by atoms with E-state index in [2.05, 4.69) is 38.2 Å². The molecule has 11 nitrogen and oxygen atoms in total. The lowest BCUT2D eigenvalue weighted by Crippen LogP contribution is -2.56. The van der Waals surface area contributed by atoms with Crippen LogP contribution in [0.4, 0.5) is 10.2 Å². The van der Waals surface area contributed by atoms with Crippen LogP contribution in [0, 0.1) is 5.82 Å². The first-order chi connectivity index (χ1) is 20.2. The molecule has 228 valence electrons. The topological polar surface area (TPSA) is 145 Å². The molecule has 2 aliphatic heterocycles. The number of aromatic carboxylic acids is 1. The van der Waals surface area contributed by atoms with Gasteiger partial charge in [0.05, 0.1) is 36.2 Å². The fraction of sp³-hybridized carbons (Fsp3) is 0.400. The third-order valence-corrected chi connectivity index (χ3v) is 8.22. The van der Waals surface area contributed by atoms with Gasteiger partial charge in [-0.15, -0.1) is 0 Å². The Morgan fingerprint density at radius 2 is 1.95 bits per heavy atom. The number of benzene rings is 2. The molecular weight excluding hydrogens is 577 g/mol. The van der Waals surface area contributed by atoms with Crippen molar-refractivity contribution >= 4 is 34.4 Å². The summed E-state index contributed by atoms with van der Waals surface area (Å²) in [6.07, 6.45) is 2.70. The van der Waals surface area contributed by atoms with Gasteiger partial charge >= 0.3 is 6.01 Å². The van der Waals surface area contributed by atoms with E-state index in [-0.39, 0.29) is 42.5 Å². The predicted molar refractivity (Wildman–Crippen MR) is 159 cm³/mol. The molecule has 43 heavy (non-hydrogen) atoms. The third-order valence-electron chi connectivity index (χ3n) is 7.99. The number of carboxylic acid groups (broad SMARTS) is 1. The van der Waals surface area contributed by atoms with Gasteiger partial charge in [0.1, 0.15) is 24.1 Å². The van der Waals surface area contributed by atoms with Crippen molar-refractivity contribution in [3.63, 3.8) is 0 Å². The van der Waals surface area contributed by atoms with E-state index in [0.717, 1.165) is 42.2 Å². The summed E-state index contributed by atoms with van der Waals surface area (Å²) in [5.41, 5.74) is 2.02. The standard InChI is InChI=1S/C30H32ClFN6O4.H3N/c1-18-14-37(27-7-9-33-30(35-27)42-17-21-3-5-22(31)12-24(21)32)19(2)13-36(18)16-28-34-25-6-4-20(29(39)40)11-26(25)38(28)15-23-8-10-41-23;/h3-7,9,11-12,18-19,23H,8,10,13-17H2,1-2H3,(H,39,40);1H3/t18-,19+,23-;/m0./s1. The van der Waals surface area contributed by atoms with Gasteiger partial charge in [0.25, 0.3) is 0 Å². The van der Waals surface area contributed by atoms with Crippen LogP contribution in [-0.4, -0.2) is 68.3 Å². The first-order valence-corrected chi connectivity index (χ1v) is 14.4. The normalized spacial score (nSPS) is 20.5. The summed E-state index contributed by atoms with van der Waals surface area (Å²) in [7, 11) is 0. The molecular formula is C30H35ClFN7O4. The molecule has 0 unspecified atom stereocenters. The lowest BCUT2D eigenvalue weighted by Gasteiger charge is -2.44. The number of carbonyl (C=O) groups is 1. The number of carbonyl (C=O) groups excluding carboxylic acids is 1. The largest absolute Gasteiger partial charge is 0.545 e. The molecule has 4 aromatic rings. The zero-order valence-electron chi connectivity index (χ0n) is 24.4. The monoisotopic (exact) mass is 611 g/mol. The zero-order valence-corrected chi connectivity index (χ0v) is 25.1. The average Bonchev–Trinajstić information content (AvgIpc) is 3.28. The Bertz CT molecular complexity index is 1610. The van der Waals surface area contributed by atoms with Gasteiger partial charge < -0.3 is 35.0 Å². The summed E-state index contributed by atoms with van der Waals surface area (Å²) in [5.74, 6) is -0.0409. The van der Waals surface area contributed by atoms with Crippen LogP contribution in [0.2, 0.25) is 5.02 Å². The average molecular weight is 612 g/mol. The van der Waals surface area contributed by atoms with Crippen LogP contribution < -0.4 is 20.9 Å². The van der Waals surface area contributed by atoms with Crippen molar-refractivity contribution in [2.45, 2.75) is 58.2 Å². The maximum absolute atomic E-state index is 14.2. The summed E-state index contributed by atoms with van der Waals surface area (Å²) in [6, 6.07) is 11.7. The summed E-state index contributed by atoms with van der Waals surface area (Å²) in [6.45, 7) is 7.72. The van der Waals surface area contributed by atoms with Gasteiger partial charge in [0, 0.05) is 48.6 Å². The molecule has 0 radical (unpaired) electrons. The number of ether oxygens (including phenoxy) is 2. The number of hydrogen-bond donors (Lipinski definition) is 1. The molecule has 2 aromatic heterocycles. The number of fused-ring (bicyclic) bond motifs is 1. The maximum Gasteiger partial charge on any atom is 0.318 e. The smallest absolute Gasteiger partial charge is 0.318 e. The van der Waals surface area contributed by atoms with Gasteiger partial charge in [-0.2, -0.15) is 4.98 Å². The predicted octanol–water partition coefficient (Wildman–Crippen LogP) is 3.83. The van der Waals surface area contributed by atoms with E-state index < -0.39 is 11.8 Å². The number of halogens is 2. The molecule has 6 rings (SSSR count). The summed E-state index contributed by atoms with van der Waals surface area (Å²) >= 11 is 5.85. The Labute approximate surface area is 253 Å². The van der Waals surface area contributed by atoms with Crippen LogP contribution in [0.5, 0.6) is 6.01 Å². The molecule has 0 amide bonds. The van der Waals surface area contributed by atoms with Gasteiger partial charge in [-0.05, 0) is 56.2 Å². The lowest BCUT2D eigenvalue weighted by molar-refractivity contribution is -0.255. The Hall–Kier alpha value is -3.84. The number of piperazine rings is 1. The molecule has 0 spiro atoms. The molecule has 2 fully saturated rings. The van der Waals surface area contributed by atoms with Crippen molar-refractivity contribution < 1.29 is 23.8 Å². The molecule has 2 aromatic carbocycles. The molecule has 4 heterocycles. The SMILES string of the molecule is C[C@@H]1CN(Cc2nc3ccc(C(=O)[O-])cc3n2C[C@@H]2CCO2)[C@@H](C)CN1c1ccnc(OCc2ccc(Cl)cc2F)n1.[NH4+]. The van der Waals surface area contributed by atoms with Crippen LogP contribution in [0.3, 0.4) is 0 Å². The number of carboxylic acids is 1. The van der Waals surface area contributed by atoms with Gasteiger partial charge in [-0.3, -0.25) is 4.90 Å². The first-order valence-electron chi connectivity index (χ1n) is 14.0. The number of imidazole rings is 1. The second kappa shape index (κ2) is 12.8. The zero-order chi connectivity index (χ0) is 29.4. The number of anilines is 1. The molecule has 3 atom stereocenters. The highest BCUT2D eigenvalue weighted by molar-refractivity contribution is 6.30. The fourth-order valence-corrected chi connectivity index (χ4v) is 5.68. The molecule has 4 N–H and O–H groups in total. The molecule has 13 heteroatoms. The Balaban J connectivity index is 0.00000368. The molecule has 0 aliphatic carbocycles. The highest BCUT2D eigenvalue weighted by Crippen LogP contribution is 2.27. The third kappa shape index (κ3) is 6.57. The molecule has 0 bridgehead atoms. The Morgan fingerprint density at radius 1 is 1.14 bits per heavy atom. The molecule has 2 saturated heterocycles. The number of aromatic nitrogens is 4. The molecule has 2 aliphatic rings. The minimum atomic E-state index is -1.21. The van der Waals surface area contributed by atoms with Crippen LogP contribution in [0.25, 0.3) is 11.0 Å². The lowest BCUT2D eigenvalue weighted by atomic mass is 10.1. The van der Waals surface area contributed by atoms with E-state index in [9.17, 15) is 14.3 Å². The van der Waals surface area contributed by atoms with Crippen LogP contribution in [0.15, 0.2) is 48.7 Å². The van der Waals surface area contributed by atoms with Crippen molar-refractivity contribution in [1.29, 1.82) is 0 Å². The van der Waals surface area contributed by atoms with Gasteiger partial charge in [0.2, 0.25) is 0 Å². The van der Waals surface area contributed by atoms with Gasteiger partial charge in [0.15, 0.2) is 0 Å². The first kappa shape index (κ1) is 30.6. The highest BCUT2D eigenvalue weighted by Gasteiger charge is 2.32. The summed E-state index contributed by atoms with van der Waals surface area (Å²) in [5, 5.41) is 11.9. The number of nitrogens with zero attached hydrogens (tertiary/aromatic N) is 6. The van der Waals surface area contributed by atoms with E-state index in [4.69, 9.17) is 26.1 Å². The second-order valence-electron chi connectivity index (χ2n) is 10.9. The van der Waals surface area contributed by atoms with E-state index in [1.165, 1.54) is 12.1 Å². The van der Waals surface area contributed by atoms with Crippen LogP contribution in [-0.2, 0) is 24.4 Å². The van der Waals surface area contributed by atoms with Crippen molar-refractivity contribution in [2.75, 3.05) is 24.6 Å². The number of hydrogen-bond acceptors (Lipinski definition) is 9. The molecule has 0 saturated carbocycles. The maximum atomic E-state index is 14.2.